The molecule has 1 heterocycles. The molecule has 0 amide bonds. The molecule has 0 unspecified atom stereocenters. The van der Waals surface area contributed by atoms with E-state index in [-0.39, 0.29) is 12.3 Å². The summed E-state index contributed by atoms with van der Waals surface area (Å²) >= 11 is 0. The summed E-state index contributed by atoms with van der Waals surface area (Å²) in [7, 11) is 0. The highest BCUT2D eigenvalue weighted by Gasteiger charge is 2.36. The van der Waals surface area contributed by atoms with Crippen molar-refractivity contribution in [3.63, 3.8) is 0 Å². The molecule has 0 saturated heterocycles. The van der Waals surface area contributed by atoms with Crippen LogP contribution < -0.4 is 5.73 Å². The summed E-state index contributed by atoms with van der Waals surface area (Å²) in [5.74, 6) is -0.721. The highest BCUT2D eigenvalue weighted by Crippen LogP contribution is 2.33. The molecule has 0 aliphatic heterocycles. The van der Waals surface area contributed by atoms with Gasteiger partial charge in [0.1, 0.15) is 5.76 Å². The Hall–Kier alpha value is -0.970. The molecule has 14 heavy (non-hydrogen) atoms. The van der Waals surface area contributed by atoms with Gasteiger partial charge in [0.05, 0.1) is 0 Å². The Morgan fingerprint density at radius 3 is 2.07 bits per heavy atom. The minimum atomic E-state index is -4.43. The van der Waals surface area contributed by atoms with Gasteiger partial charge in [0, 0.05) is 12.0 Å². The first-order valence-corrected chi connectivity index (χ1v) is 4.15. The smallest absolute Gasteiger partial charge is 0.449 e. The van der Waals surface area contributed by atoms with E-state index in [1.54, 1.807) is 13.8 Å². The Labute approximate surface area is 79.9 Å². The predicted octanol–water partition coefficient (Wildman–Crippen LogP) is 2.53. The van der Waals surface area contributed by atoms with E-state index in [1.807, 2.05) is 0 Å². The van der Waals surface area contributed by atoms with Crippen LogP contribution in [0.15, 0.2) is 16.5 Å². The van der Waals surface area contributed by atoms with Crippen molar-refractivity contribution < 1.29 is 17.6 Å². The van der Waals surface area contributed by atoms with E-state index in [4.69, 9.17) is 10.2 Å². The Morgan fingerprint density at radius 2 is 1.71 bits per heavy atom. The fourth-order valence-corrected chi connectivity index (χ4v) is 0.955. The lowest BCUT2D eigenvalue weighted by Gasteiger charge is -2.18. The number of nitrogens with two attached hydrogens (primary N) is 1. The monoisotopic (exact) mass is 207 g/mol. The molecule has 0 radical (unpaired) electrons. The molecule has 0 aromatic carbocycles. The van der Waals surface area contributed by atoms with Crippen molar-refractivity contribution in [3.05, 3.63) is 23.7 Å². The quantitative estimate of drug-likeness (QED) is 0.809. The van der Waals surface area contributed by atoms with Crippen LogP contribution in [0.25, 0.3) is 0 Å². The molecule has 2 N–H and O–H groups in total. The number of furan rings is 1. The van der Waals surface area contributed by atoms with Crippen LogP contribution in [-0.2, 0) is 11.6 Å². The summed E-state index contributed by atoms with van der Waals surface area (Å²) < 4.78 is 41.2. The molecule has 0 aliphatic carbocycles. The number of alkyl halides is 3. The molecule has 5 heteroatoms. The van der Waals surface area contributed by atoms with E-state index in [1.165, 1.54) is 6.07 Å². The number of hydrogen-bond donors (Lipinski definition) is 1. The molecule has 2 nitrogen and oxygen atoms in total. The molecule has 1 aromatic heterocycles. The van der Waals surface area contributed by atoms with Gasteiger partial charge in [0.15, 0.2) is 0 Å². The van der Waals surface area contributed by atoms with Crippen LogP contribution >= 0.6 is 0 Å². The zero-order valence-electron chi connectivity index (χ0n) is 7.98. The highest BCUT2D eigenvalue weighted by atomic mass is 19.4. The lowest BCUT2D eigenvalue weighted by atomic mass is 9.91. The summed E-state index contributed by atoms with van der Waals surface area (Å²) in [6.07, 6.45) is -4.43. The summed E-state index contributed by atoms with van der Waals surface area (Å²) in [5, 5.41) is 0. The normalized spacial score (nSPS) is 13.3. The minimum absolute atomic E-state index is 0.234. The van der Waals surface area contributed by atoms with Gasteiger partial charge in [-0.1, -0.05) is 13.8 Å². The zero-order chi connectivity index (χ0) is 11.0. The summed E-state index contributed by atoms with van der Waals surface area (Å²) in [5.41, 5.74) is 4.85. The van der Waals surface area contributed by atoms with Crippen molar-refractivity contribution in [1.29, 1.82) is 0 Å². The van der Waals surface area contributed by atoms with Gasteiger partial charge in [0.25, 0.3) is 0 Å². The largest absolute Gasteiger partial charge is 0.456 e. The molecule has 1 aromatic rings. The van der Waals surface area contributed by atoms with Crippen LogP contribution in [0.4, 0.5) is 13.2 Å². The summed E-state index contributed by atoms with van der Waals surface area (Å²) in [6.45, 7) is 3.69. The van der Waals surface area contributed by atoms with Crippen LogP contribution in [0.3, 0.4) is 0 Å². The van der Waals surface area contributed by atoms with Crippen molar-refractivity contribution in [2.45, 2.75) is 25.4 Å². The number of halogens is 3. The average Bonchev–Trinajstić information content (AvgIpc) is 2.51. The van der Waals surface area contributed by atoms with Gasteiger partial charge in [-0.3, -0.25) is 0 Å². The first-order chi connectivity index (χ1) is 6.27. The third-order valence-corrected chi connectivity index (χ3v) is 2.06. The standard InChI is InChI=1S/C9H12F3NO/c1-8(2,5-13)6-3-4-7(14-6)9(10,11)12/h3-4H,5,13H2,1-2H3. The van der Waals surface area contributed by atoms with Crippen LogP contribution in [-0.4, -0.2) is 6.54 Å². The molecule has 0 bridgehead atoms. The van der Waals surface area contributed by atoms with Crippen molar-refractivity contribution in [3.8, 4) is 0 Å². The molecule has 80 valence electrons. The van der Waals surface area contributed by atoms with Crippen molar-refractivity contribution in [2.24, 2.45) is 5.73 Å². The Bertz CT molecular complexity index is 314. The molecular weight excluding hydrogens is 195 g/mol. The molecule has 0 atom stereocenters. The second-order valence-corrected chi connectivity index (χ2v) is 3.75. The topological polar surface area (TPSA) is 39.2 Å². The molecular formula is C9H12F3NO. The van der Waals surface area contributed by atoms with E-state index >= 15 is 0 Å². The second-order valence-electron chi connectivity index (χ2n) is 3.75. The second kappa shape index (κ2) is 3.31. The van der Waals surface area contributed by atoms with Crippen molar-refractivity contribution in [2.75, 3.05) is 6.54 Å². The van der Waals surface area contributed by atoms with Crippen LogP contribution in [0.2, 0.25) is 0 Å². The Balaban J connectivity index is 3.00. The van der Waals surface area contributed by atoms with E-state index < -0.39 is 17.4 Å². The number of hydrogen-bond acceptors (Lipinski definition) is 2. The van der Waals surface area contributed by atoms with Gasteiger partial charge < -0.3 is 10.2 Å². The summed E-state index contributed by atoms with van der Waals surface area (Å²) in [4.78, 5) is 0. The maximum Gasteiger partial charge on any atom is 0.449 e. The van der Waals surface area contributed by atoms with Crippen LogP contribution in [0.5, 0.6) is 0 Å². The summed E-state index contributed by atoms with van der Waals surface area (Å²) in [6, 6.07) is 2.24. The highest BCUT2D eigenvalue weighted by molar-refractivity contribution is 5.17. The molecule has 0 spiro atoms. The fourth-order valence-electron chi connectivity index (χ4n) is 0.955. The van der Waals surface area contributed by atoms with E-state index in [2.05, 4.69) is 0 Å². The van der Waals surface area contributed by atoms with Gasteiger partial charge in [-0.25, -0.2) is 0 Å². The van der Waals surface area contributed by atoms with Gasteiger partial charge >= 0.3 is 6.18 Å². The Kier molecular flexibility index (Phi) is 2.63. The SMILES string of the molecule is CC(C)(CN)c1ccc(C(F)(F)F)o1. The first-order valence-electron chi connectivity index (χ1n) is 4.15. The van der Waals surface area contributed by atoms with E-state index in [0.29, 0.717) is 0 Å². The average molecular weight is 207 g/mol. The molecule has 0 saturated carbocycles. The molecule has 0 aliphatic rings. The van der Waals surface area contributed by atoms with Crippen molar-refractivity contribution >= 4 is 0 Å². The van der Waals surface area contributed by atoms with Gasteiger partial charge in [0.2, 0.25) is 5.76 Å². The molecule has 1 rings (SSSR count). The predicted molar refractivity (Wildman–Crippen MR) is 45.8 cm³/mol. The van der Waals surface area contributed by atoms with Crippen LogP contribution in [0.1, 0.15) is 25.4 Å². The lowest BCUT2D eigenvalue weighted by Crippen LogP contribution is -2.27. The van der Waals surface area contributed by atoms with Gasteiger partial charge in [-0.05, 0) is 12.1 Å². The maximum absolute atomic E-state index is 12.2. The van der Waals surface area contributed by atoms with Crippen LogP contribution in [0, 0.1) is 0 Å². The number of rotatable bonds is 2. The van der Waals surface area contributed by atoms with E-state index in [0.717, 1.165) is 6.07 Å². The third-order valence-electron chi connectivity index (χ3n) is 2.06. The van der Waals surface area contributed by atoms with E-state index in [9.17, 15) is 13.2 Å². The van der Waals surface area contributed by atoms with Crippen molar-refractivity contribution in [1.82, 2.24) is 0 Å². The maximum atomic E-state index is 12.2. The first kappa shape index (κ1) is 11.1. The molecule has 0 fully saturated rings. The lowest BCUT2D eigenvalue weighted by molar-refractivity contribution is -0.153. The van der Waals surface area contributed by atoms with Gasteiger partial charge in [-0.2, -0.15) is 13.2 Å². The zero-order valence-corrected chi connectivity index (χ0v) is 7.98. The third kappa shape index (κ3) is 2.09. The minimum Gasteiger partial charge on any atom is -0.456 e. The van der Waals surface area contributed by atoms with Gasteiger partial charge in [-0.15, -0.1) is 0 Å². The fraction of sp³-hybridized carbons (Fsp3) is 0.556. The Morgan fingerprint density at radius 1 is 1.21 bits per heavy atom.